The number of hydrogen-bond acceptors (Lipinski definition) is 4. The second kappa shape index (κ2) is 7.58. The molecule has 2 aromatic carbocycles. The molecule has 3 rings (SSSR count). The van der Waals surface area contributed by atoms with Crippen LogP contribution in [0.5, 0.6) is 5.75 Å². The van der Waals surface area contributed by atoms with E-state index in [1.165, 1.54) is 11.3 Å². The summed E-state index contributed by atoms with van der Waals surface area (Å²) >= 11 is 0. The molecule has 0 amide bonds. The number of nitrogens with one attached hydrogen (secondary N) is 1. The smallest absolute Gasteiger partial charge is 0.141 e. The lowest BCUT2D eigenvalue weighted by atomic mass is 10.0. The number of hydrogen-bond donors (Lipinski definition) is 2. The van der Waals surface area contributed by atoms with Gasteiger partial charge in [0.15, 0.2) is 0 Å². The van der Waals surface area contributed by atoms with Crippen LogP contribution in [0.4, 0.5) is 11.4 Å². The Kier molecular flexibility index (Phi) is 5.26. The average molecular weight is 326 g/mol. The Labute approximate surface area is 144 Å². The average Bonchev–Trinajstić information content (AvgIpc) is 2.63. The molecule has 0 bridgehead atoms. The molecule has 4 heteroatoms. The van der Waals surface area contributed by atoms with Gasteiger partial charge in [-0.15, -0.1) is 0 Å². The monoisotopic (exact) mass is 326 g/mol. The highest BCUT2D eigenvalue weighted by atomic mass is 16.5. The fourth-order valence-electron chi connectivity index (χ4n) is 3.18. The molecular formula is C20H26N2O2. The van der Waals surface area contributed by atoms with Crippen LogP contribution < -0.4 is 15.0 Å². The van der Waals surface area contributed by atoms with Crippen LogP contribution in [0.15, 0.2) is 48.5 Å². The first-order valence-electron chi connectivity index (χ1n) is 8.60. The predicted molar refractivity (Wildman–Crippen MR) is 98.9 cm³/mol. The molecule has 0 radical (unpaired) electrons. The number of rotatable bonds is 5. The summed E-state index contributed by atoms with van der Waals surface area (Å²) in [6.07, 6.45) is 1.58. The van der Waals surface area contributed by atoms with Gasteiger partial charge < -0.3 is 20.1 Å². The van der Waals surface area contributed by atoms with Gasteiger partial charge in [0.2, 0.25) is 0 Å². The second-order valence-corrected chi connectivity index (χ2v) is 6.38. The SMILES string of the molecule is COc1ccccc1NC(C)c1ccc(N2CCC(O)CC2)cc1. The Balaban J connectivity index is 1.66. The van der Waals surface area contributed by atoms with Gasteiger partial charge in [-0.3, -0.25) is 0 Å². The molecule has 1 heterocycles. The van der Waals surface area contributed by atoms with Gasteiger partial charge >= 0.3 is 0 Å². The lowest BCUT2D eigenvalue weighted by Crippen LogP contribution is -2.35. The maximum Gasteiger partial charge on any atom is 0.141 e. The number of aliphatic hydroxyl groups is 1. The van der Waals surface area contributed by atoms with E-state index in [-0.39, 0.29) is 12.1 Å². The molecule has 1 fully saturated rings. The van der Waals surface area contributed by atoms with Gasteiger partial charge in [-0.1, -0.05) is 24.3 Å². The third kappa shape index (κ3) is 3.82. The van der Waals surface area contributed by atoms with Crippen LogP contribution >= 0.6 is 0 Å². The summed E-state index contributed by atoms with van der Waals surface area (Å²) in [7, 11) is 1.69. The van der Waals surface area contributed by atoms with Gasteiger partial charge in [-0.05, 0) is 49.6 Å². The van der Waals surface area contributed by atoms with Gasteiger partial charge in [0.05, 0.1) is 18.9 Å². The summed E-state index contributed by atoms with van der Waals surface area (Å²) in [6.45, 7) is 4.00. The first-order valence-corrected chi connectivity index (χ1v) is 8.60. The van der Waals surface area contributed by atoms with Crippen molar-refractivity contribution in [1.82, 2.24) is 0 Å². The number of para-hydroxylation sites is 2. The third-order valence-corrected chi connectivity index (χ3v) is 4.70. The van der Waals surface area contributed by atoms with Crippen molar-refractivity contribution in [3.63, 3.8) is 0 Å². The minimum atomic E-state index is -0.134. The Bertz CT molecular complexity index is 649. The minimum Gasteiger partial charge on any atom is -0.495 e. The van der Waals surface area contributed by atoms with Gasteiger partial charge in [-0.2, -0.15) is 0 Å². The molecule has 2 aromatic rings. The maximum absolute atomic E-state index is 9.63. The topological polar surface area (TPSA) is 44.7 Å². The lowest BCUT2D eigenvalue weighted by molar-refractivity contribution is 0.145. The van der Waals surface area contributed by atoms with Crippen LogP contribution in [0.1, 0.15) is 31.4 Å². The van der Waals surface area contributed by atoms with E-state index in [2.05, 4.69) is 41.4 Å². The van der Waals surface area contributed by atoms with Crippen molar-refractivity contribution in [3.05, 3.63) is 54.1 Å². The minimum absolute atomic E-state index is 0.134. The van der Waals surface area contributed by atoms with E-state index in [9.17, 15) is 5.11 Å². The fourth-order valence-corrected chi connectivity index (χ4v) is 3.18. The largest absolute Gasteiger partial charge is 0.495 e. The third-order valence-electron chi connectivity index (χ3n) is 4.70. The van der Waals surface area contributed by atoms with E-state index in [0.29, 0.717) is 0 Å². The number of methoxy groups -OCH3 is 1. The Hall–Kier alpha value is -2.20. The van der Waals surface area contributed by atoms with Gasteiger partial charge in [0.25, 0.3) is 0 Å². The van der Waals surface area contributed by atoms with Crippen molar-refractivity contribution >= 4 is 11.4 Å². The summed E-state index contributed by atoms with van der Waals surface area (Å²) in [5, 5.41) is 13.1. The number of ether oxygens (including phenoxy) is 1. The van der Waals surface area contributed by atoms with Crippen molar-refractivity contribution < 1.29 is 9.84 Å². The van der Waals surface area contributed by atoms with Gasteiger partial charge in [0.1, 0.15) is 5.75 Å². The number of benzene rings is 2. The van der Waals surface area contributed by atoms with Crippen molar-refractivity contribution in [2.24, 2.45) is 0 Å². The highest BCUT2D eigenvalue weighted by molar-refractivity contribution is 5.57. The highest BCUT2D eigenvalue weighted by Crippen LogP contribution is 2.29. The Morgan fingerprint density at radius 3 is 2.42 bits per heavy atom. The first kappa shape index (κ1) is 16.7. The molecule has 24 heavy (non-hydrogen) atoms. The number of nitrogens with zero attached hydrogens (tertiary/aromatic N) is 1. The van der Waals surface area contributed by atoms with Crippen molar-refractivity contribution in [3.8, 4) is 5.75 Å². The molecule has 2 N–H and O–H groups in total. The van der Waals surface area contributed by atoms with E-state index in [1.807, 2.05) is 24.3 Å². The van der Waals surface area contributed by atoms with E-state index < -0.39 is 0 Å². The lowest BCUT2D eigenvalue weighted by Gasteiger charge is -2.31. The summed E-state index contributed by atoms with van der Waals surface area (Å²) < 4.78 is 5.40. The summed E-state index contributed by atoms with van der Waals surface area (Å²) in [5.41, 5.74) is 3.47. The van der Waals surface area contributed by atoms with Crippen molar-refractivity contribution in [2.75, 3.05) is 30.4 Å². The molecule has 1 atom stereocenters. The Morgan fingerprint density at radius 1 is 1.08 bits per heavy atom. The van der Waals surface area contributed by atoms with Crippen LogP contribution in [0, 0.1) is 0 Å². The molecule has 4 nitrogen and oxygen atoms in total. The zero-order valence-electron chi connectivity index (χ0n) is 14.4. The van der Waals surface area contributed by atoms with Crippen LogP contribution in [-0.4, -0.2) is 31.4 Å². The molecular weight excluding hydrogens is 300 g/mol. The standard InChI is InChI=1S/C20H26N2O2/c1-15(21-19-5-3-4-6-20(19)24-2)16-7-9-17(10-8-16)22-13-11-18(23)12-14-22/h3-10,15,18,21,23H,11-14H2,1-2H3. The number of aliphatic hydroxyl groups excluding tert-OH is 1. The van der Waals surface area contributed by atoms with Gasteiger partial charge in [0, 0.05) is 24.8 Å². The molecule has 1 saturated heterocycles. The summed E-state index contributed by atoms with van der Waals surface area (Å²) in [6, 6.07) is 16.9. The molecule has 0 aromatic heterocycles. The normalized spacial score (nSPS) is 16.7. The van der Waals surface area contributed by atoms with Crippen LogP contribution in [0.2, 0.25) is 0 Å². The van der Waals surface area contributed by atoms with E-state index in [1.54, 1.807) is 7.11 Å². The molecule has 0 spiro atoms. The molecule has 0 saturated carbocycles. The first-order chi connectivity index (χ1) is 11.7. The zero-order valence-corrected chi connectivity index (χ0v) is 14.4. The summed E-state index contributed by atoms with van der Waals surface area (Å²) in [4.78, 5) is 2.34. The van der Waals surface area contributed by atoms with Gasteiger partial charge in [-0.25, -0.2) is 0 Å². The van der Waals surface area contributed by atoms with Crippen molar-refractivity contribution in [1.29, 1.82) is 0 Å². The van der Waals surface area contributed by atoms with Crippen LogP contribution in [0.25, 0.3) is 0 Å². The number of piperidine rings is 1. The molecule has 0 aliphatic carbocycles. The zero-order chi connectivity index (χ0) is 16.9. The van der Waals surface area contributed by atoms with Crippen LogP contribution in [-0.2, 0) is 0 Å². The predicted octanol–water partition coefficient (Wildman–Crippen LogP) is 3.83. The van der Waals surface area contributed by atoms with Crippen molar-refractivity contribution in [2.45, 2.75) is 31.9 Å². The number of anilines is 2. The van der Waals surface area contributed by atoms with E-state index in [0.717, 1.165) is 37.4 Å². The quantitative estimate of drug-likeness (QED) is 0.876. The molecule has 1 aliphatic heterocycles. The van der Waals surface area contributed by atoms with E-state index >= 15 is 0 Å². The Morgan fingerprint density at radius 2 is 1.75 bits per heavy atom. The second-order valence-electron chi connectivity index (χ2n) is 6.38. The molecule has 1 unspecified atom stereocenters. The molecule has 1 aliphatic rings. The molecule has 128 valence electrons. The fraction of sp³-hybridized carbons (Fsp3) is 0.400. The maximum atomic E-state index is 9.63. The highest BCUT2D eigenvalue weighted by Gasteiger charge is 2.17. The summed E-state index contributed by atoms with van der Waals surface area (Å²) in [5.74, 6) is 0.854. The van der Waals surface area contributed by atoms with E-state index in [4.69, 9.17) is 4.74 Å². The van der Waals surface area contributed by atoms with Crippen LogP contribution in [0.3, 0.4) is 0 Å².